The zero-order chi connectivity index (χ0) is 18.5. The molecule has 2 heterocycles. The van der Waals surface area contributed by atoms with E-state index in [1.165, 1.54) is 5.56 Å². The first-order valence-corrected chi connectivity index (χ1v) is 8.87. The van der Waals surface area contributed by atoms with Crippen LogP contribution in [0.5, 0.6) is 0 Å². The van der Waals surface area contributed by atoms with Gasteiger partial charge in [0.1, 0.15) is 0 Å². The second-order valence-electron chi connectivity index (χ2n) is 6.19. The van der Waals surface area contributed by atoms with E-state index in [9.17, 15) is 4.79 Å². The summed E-state index contributed by atoms with van der Waals surface area (Å²) in [6, 6.07) is 11.8. The lowest BCUT2D eigenvalue weighted by Crippen LogP contribution is -2.27. The molecule has 0 aliphatic heterocycles. The first-order chi connectivity index (χ1) is 12.5. The number of carbonyl (C=O) groups excluding carboxylic acids is 1. The maximum Gasteiger partial charge on any atom is 0.222 e. The number of carbonyl (C=O) groups is 1. The van der Waals surface area contributed by atoms with Gasteiger partial charge in [0.15, 0.2) is 10.6 Å². The number of H-pyrrole nitrogens is 1. The van der Waals surface area contributed by atoms with Crippen molar-refractivity contribution in [3.05, 3.63) is 64.7 Å². The van der Waals surface area contributed by atoms with Crippen LogP contribution < -0.4 is 5.32 Å². The molecule has 26 heavy (non-hydrogen) atoms. The van der Waals surface area contributed by atoms with Gasteiger partial charge in [-0.25, -0.2) is 0 Å². The molecule has 2 aromatic heterocycles. The molecule has 6 nitrogen and oxygen atoms in total. The minimum Gasteiger partial charge on any atom is -0.350 e. The van der Waals surface area contributed by atoms with Crippen molar-refractivity contribution in [2.24, 2.45) is 0 Å². The lowest BCUT2D eigenvalue weighted by molar-refractivity contribution is -0.121. The molecule has 0 aliphatic carbocycles. The fourth-order valence-corrected chi connectivity index (χ4v) is 2.93. The fraction of sp³-hybridized carbons (Fsp3) is 0.263. The topological polar surface area (TPSA) is 75.6 Å². The van der Waals surface area contributed by atoms with Crippen molar-refractivity contribution < 1.29 is 4.79 Å². The average molecular weight is 367 g/mol. The van der Waals surface area contributed by atoms with Crippen LogP contribution in [0.25, 0.3) is 11.4 Å². The standard InChI is InChI=1S/C19H21N5OS/c1-13-3-5-16(6-4-13)18-22-23-19(26)24(18)12-9-17(25)21-14(2)15-7-10-20-11-8-15/h3-8,10-11,14H,9,12H2,1-2H3,(H,21,25)(H,23,26). The predicted octanol–water partition coefficient (Wildman–Crippen LogP) is 3.58. The fourth-order valence-electron chi connectivity index (χ4n) is 2.71. The second-order valence-corrected chi connectivity index (χ2v) is 6.58. The molecule has 7 heteroatoms. The molecule has 2 N–H and O–H groups in total. The van der Waals surface area contributed by atoms with Crippen molar-refractivity contribution in [1.29, 1.82) is 0 Å². The van der Waals surface area contributed by atoms with E-state index in [1.807, 2.05) is 54.8 Å². The maximum atomic E-state index is 12.3. The van der Waals surface area contributed by atoms with E-state index >= 15 is 0 Å². The Kier molecular flexibility index (Phi) is 5.58. The van der Waals surface area contributed by atoms with Crippen LogP contribution in [0, 0.1) is 11.7 Å². The number of hydrogen-bond donors (Lipinski definition) is 2. The third-order valence-electron chi connectivity index (χ3n) is 4.21. The largest absolute Gasteiger partial charge is 0.350 e. The van der Waals surface area contributed by atoms with Gasteiger partial charge < -0.3 is 5.32 Å². The van der Waals surface area contributed by atoms with E-state index < -0.39 is 0 Å². The number of aromatic amines is 1. The highest BCUT2D eigenvalue weighted by molar-refractivity contribution is 7.71. The number of nitrogens with one attached hydrogen (secondary N) is 2. The molecule has 3 rings (SSSR count). The summed E-state index contributed by atoms with van der Waals surface area (Å²) >= 11 is 5.32. The number of aryl methyl sites for hydroxylation is 1. The highest BCUT2D eigenvalue weighted by Crippen LogP contribution is 2.18. The summed E-state index contributed by atoms with van der Waals surface area (Å²) in [5.41, 5.74) is 3.17. The summed E-state index contributed by atoms with van der Waals surface area (Å²) in [7, 11) is 0. The van der Waals surface area contributed by atoms with Gasteiger partial charge in [0.2, 0.25) is 5.91 Å². The van der Waals surface area contributed by atoms with Crippen molar-refractivity contribution in [1.82, 2.24) is 25.1 Å². The molecule has 1 amide bonds. The quantitative estimate of drug-likeness (QED) is 0.653. The molecule has 134 valence electrons. The Labute approximate surface area is 157 Å². The van der Waals surface area contributed by atoms with Crippen LogP contribution in [0.4, 0.5) is 0 Å². The van der Waals surface area contributed by atoms with Crippen molar-refractivity contribution in [2.75, 3.05) is 0 Å². The van der Waals surface area contributed by atoms with Gasteiger partial charge >= 0.3 is 0 Å². The molecule has 0 saturated carbocycles. The highest BCUT2D eigenvalue weighted by atomic mass is 32.1. The Morgan fingerprint density at radius 1 is 1.23 bits per heavy atom. The molecule has 0 spiro atoms. The van der Waals surface area contributed by atoms with Gasteiger partial charge in [-0.3, -0.25) is 19.4 Å². The van der Waals surface area contributed by atoms with Crippen LogP contribution in [0.15, 0.2) is 48.8 Å². The van der Waals surface area contributed by atoms with Gasteiger partial charge in [-0.1, -0.05) is 29.8 Å². The van der Waals surface area contributed by atoms with E-state index in [4.69, 9.17) is 12.2 Å². The van der Waals surface area contributed by atoms with Crippen LogP contribution in [0.1, 0.15) is 30.5 Å². The van der Waals surface area contributed by atoms with Crippen molar-refractivity contribution in [2.45, 2.75) is 32.9 Å². The van der Waals surface area contributed by atoms with E-state index in [0.717, 1.165) is 17.0 Å². The summed E-state index contributed by atoms with van der Waals surface area (Å²) in [4.78, 5) is 16.3. The van der Waals surface area contributed by atoms with Gasteiger partial charge in [-0.2, -0.15) is 5.10 Å². The summed E-state index contributed by atoms with van der Waals surface area (Å²) in [6.45, 7) is 4.46. The number of pyridine rings is 1. The van der Waals surface area contributed by atoms with Crippen LogP contribution in [0.3, 0.4) is 0 Å². The minimum absolute atomic E-state index is 0.0349. The summed E-state index contributed by atoms with van der Waals surface area (Å²) in [6.07, 6.45) is 3.76. The summed E-state index contributed by atoms with van der Waals surface area (Å²) < 4.78 is 2.37. The van der Waals surface area contributed by atoms with Crippen LogP contribution >= 0.6 is 12.2 Å². The first-order valence-electron chi connectivity index (χ1n) is 8.46. The Morgan fingerprint density at radius 3 is 2.62 bits per heavy atom. The SMILES string of the molecule is Cc1ccc(-c2n[nH]c(=S)n2CCC(=O)NC(C)c2ccncc2)cc1. The number of amides is 1. The molecule has 0 fully saturated rings. The highest BCUT2D eigenvalue weighted by Gasteiger charge is 2.13. The Bertz CT molecular complexity index is 931. The smallest absolute Gasteiger partial charge is 0.222 e. The Balaban J connectivity index is 1.66. The van der Waals surface area contributed by atoms with Crippen LogP contribution in [-0.2, 0) is 11.3 Å². The van der Waals surface area contributed by atoms with Crippen molar-refractivity contribution in [3.63, 3.8) is 0 Å². The predicted molar refractivity (Wildman–Crippen MR) is 103 cm³/mol. The molecular weight excluding hydrogens is 346 g/mol. The van der Waals surface area contributed by atoms with E-state index in [0.29, 0.717) is 17.7 Å². The number of hydrogen-bond acceptors (Lipinski definition) is 4. The molecule has 0 radical (unpaired) electrons. The second kappa shape index (κ2) is 8.05. The molecular formula is C19H21N5OS. The normalized spacial score (nSPS) is 11.9. The van der Waals surface area contributed by atoms with Crippen LogP contribution in [-0.4, -0.2) is 25.7 Å². The van der Waals surface area contributed by atoms with Crippen molar-refractivity contribution >= 4 is 18.1 Å². The Hall–Kier alpha value is -2.80. The average Bonchev–Trinajstić information content (AvgIpc) is 3.02. The number of rotatable bonds is 6. The minimum atomic E-state index is -0.0700. The van der Waals surface area contributed by atoms with E-state index in [1.54, 1.807) is 12.4 Å². The number of benzene rings is 1. The monoisotopic (exact) mass is 367 g/mol. The van der Waals surface area contributed by atoms with Crippen molar-refractivity contribution in [3.8, 4) is 11.4 Å². The van der Waals surface area contributed by atoms with Gasteiger partial charge in [0.05, 0.1) is 6.04 Å². The molecule has 0 saturated heterocycles. The number of aromatic nitrogens is 4. The number of nitrogens with zero attached hydrogens (tertiary/aromatic N) is 3. The first kappa shape index (κ1) is 18.0. The lowest BCUT2D eigenvalue weighted by atomic mass is 10.1. The molecule has 0 bridgehead atoms. The van der Waals surface area contributed by atoms with Gasteiger partial charge in [-0.15, -0.1) is 0 Å². The molecule has 1 aromatic carbocycles. The van der Waals surface area contributed by atoms with E-state index in [2.05, 4.69) is 20.5 Å². The van der Waals surface area contributed by atoms with Gasteiger partial charge in [-0.05, 0) is 43.8 Å². The summed E-state index contributed by atoms with van der Waals surface area (Å²) in [5, 5.41) is 10.1. The zero-order valence-corrected chi connectivity index (χ0v) is 15.6. The lowest BCUT2D eigenvalue weighted by Gasteiger charge is -2.14. The molecule has 0 aliphatic rings. The Morgan fingerprint density at radius 2 is 1.92 bits per heavy atom. The van der Waals surface area contributed by atoms with Gasteiger partial charge in [0, 0.05) is 30.9 Å². The molecule has 1 atom stereocenters. The third-order valence-corrected chi connectivity index (χ3v) is 4.53. The van der Waals surface area contributed by atoms with E-state index in [-0.39, 0.29) is 11.9 Å². The third kappa shape index (κ3) is 4.23. The summed E-state index contributed by atoms with van der Waals surface area (Å²) in [5.74, 6) is 0.706. The molecule has 1 unspecified atom stereocenters. The zero-order valence-electron chi connectivity index (χ0n) is 14.8. The van der Waals surface area contributed by atoms with Gasteiger partial charge in [0.25, 0.3) is 0 Å². The maximum absolute atomic E-state index is 12.3. The van der Waals surface area contributed by atoms with Crippen LogP contribution in [0.2, 0.25) is 0 Å². The molecule has 3 aromatic rings.